The predicted molar refractivity (Wildman–Crippen MR) is 94.2 cm³/mol. The zero-order valence-electron chi connectivity index (χ0n) is 11.6. The van der Waals surface area contributed by atoms with Crippen molar-refractivity contribution < 1.29 is 19.1 Å². The zero-order valence-corrected chi connectivity index (χ0v) is 15.4. The second-order valence-electron chi connectivity index (χ2n) is 4.23. The fourth-order valence-electron chi connectivity index (χ4n) is 1.74. The summed E-state index contributed by atoms with van der Waals surface area (Å²) >= 11 is 5.35. The highest BCUT2D eigenvalue weighted by Gasteiger charge is 2.19. The number of hydrogen-bond donors (Lipinski definition) is 0. The number of carbonyl (C=O) groups excluding carboxylic acids is 2. The van der Waals surface area contributed by atoms with E-state index in [9.17, 15) is 9.59 Å². The lowest BCUT2D eigenvalue weighted by molar-refractivity contribution is 0.0520. The Hall–Kier alpha value is -1.41. The molecule has 0 unspecified atom stereocenters. The van der Waals surface area contributed by atoms with E-state index in [4.69, 9.17) is 9.47 Å². The zero-order chi connectivity index (χ0) is 16.1. The van der Waals surface area contributed by atoms with Crippen LogP contribution in [0.3, 0.4) is 0 Å². The third kappa shape index (κ3) is 4.07. The van der Waals surface area contributed by atoms with E-state index in [2.05, 4.69) is 38.5 Å². The standard InChI is InChI=1S/C16H12BrIO4/c1-2-21-15(19)12-9-10(17)7-8-14(12)22-16(20)11-5-3-4-6-13(11)18/h3-9H,2H2,1H3. The Morgan fingerprint density at radius 1 is 1.09 bits per heavy atom. The van der Waals surface area contributed by atoms with E-state index in [1.54, 1.807) is 37.3 Å². The first-order chi connectivity index (χ1) is 10.5. The van der Waals surface area contributed by atoms with Gasteiger partial charge in [-0.2, -0.15) is 0 Å². The lowest BCUT2D eigenvalue weighted by atomic mass is 10.2. The molecule has 0 aromatic heterocycles. The van der Waals surface area contributed by atoms with E-state index in [1.807, 2.05) is 12.1 Å². The maximum Gasteiger partial charge on any atom is 0.344 e. The van der Waals surface area contributed by atoms with Crippen LogP contribution in [0.2, 0.25) is 0 Å². The van der Waals surface area contributed by atoms with Crippen LogP contribution < -0.4 is 4.74 Å². The molecule has 0 saturated heterocycles. The minimum atomic E-state index is -0.533. The largest absolute Gasteiger partial charge is 0.462 e. The van der Waals surface area contributed by atoms with Crippen molar-refractivity contribution in [1.82, 2.24) is 0 Å². The Labute approximate surface area is 150 Å². The smallest absolute Gasteiger partial charge is 0.344 e. The summed E-state index contributed by atoms with van der Waals surface area (Å²) < 4.78 is 11.8. The lowest BCUT2D eigenvalue weighted by Crippen LogP contribution is -2.14. The molecule has 2 aromatic rings. The molecular formula is C16H12BrIO4. The van der Waals surface area contributed by atoms with Crippen LogP contribution in [0.1, 0.15) is 27.6 Å². The van der Waals surface area contributed by atoms with Crippen LogP contribution in [0.5, 0.6) is 5.75 Å². The van der Waals surface area contributed by atoms with Gasteiger partial charge in [0.25, 0.3) is 0 Å². The van der Waals surface area contributed by atoms with Crippen molar-refractivity contribution in [2.24, 2.45) is 0 Å². The SMILES string of the molecule is CCOC(=O)c1cc(Br)ccc1OC(=O)c1ccccc1I. The van der Waals surface area contributed by atoms with E-state index in [-0.39, 0.29) is 17.9 Å². The van der Waals surface area contributed by atoms with Crippen molar-refractivity contribution in [1.29, 1.82) is 0 Å². The number of halogens is 2. The summed E-state index contributed by atoms with van der Waals surface area (Å²) in [5, 5.41) is 0. The van der Waals surface area contributed by atoms with Crippen LogP contribution in [0, 0.1) is 3.57 Å². The first-order valence-corrected chi connectivity index (χ1v) is 8.33. The van der Waals surface area contributed by atoms with Gasteiger partial charge >= 0.3 is 11.9 Å². The summed E-state index contributed by atoms with van der Waals surface area (Å²) in [5.74, 6) is -0.876. The topological polar surface area (TPSA) is 52.6 Å². The summed E-state index contributed by atoms with van der Waals surface area (Å²) in [6.45, 7) is 1.96. The number of hydrogen-bond acceptors (Lipinski definition) is 4. The maximum absolute atomic E-state index is 12.3. The summed E-state index contributed by atoms with van der Waals surface area (Å²) in [4.78, 5) is 24.2. The van der Waals surface area contributed by atoms with E-state index in [1.165, 1.54) is 0 Å². The highest BCUT2D eigenvalue weighted by molar-refractivity contribution is 14.1. The second kappa shape index (κ2) is 7.73. The van der Waals surface area contributed by atoms with Gasteiger partial charge in [-0.05, 0) is 59.8 Å². The van der Waals surface area contributed by atoms with Crippen LogP contribution in [0.25, 0.3) is 0 Å². The summed E-state index contributed by atoms with van der Waals surface area (Å²) in [7, 11) is 0. The molecule has 0 aliphatic heterocycles. The molecule has 4 nitrogen and oxygen atoms in total. The first-order valence-electron chi connectivity index (χ1n) is 6.46. The lowest BCUT2D eigenvalue weighted by Gasteiger charge is -2.10. The molecule has 0 fully saturated rings. The van der Waals surface area contributed by atoms with Crippen LogP contribution >= 0.6 is 38.5 Å². The molecule has 0 atom stereocenters. The molecule has 0 spiro atoms. The molecule has 0 radical (unpaired) electrons. The Morgan fingerprint density at radius 2 is 1.82 bits per heavy atom. The third-order valence-electron chi connectivity index (χ3n) is 2.73. The van der Waals surface area contributed by atoms with Gasteiger partial charge < -0.3 is 9.47 Å². The normalized spacial score (nSPS) is 10.1. The van der Waals surface area contributed by atoms with Gasteiger partial charge in [0.05, 0.1) is 12.2 Å². The van der Waals surface area contributed by atoms with Gasteiger partial charge in [-0.3, -0.25) is 0 Å². The van der Waals surface area contributed by atoms with Crippen molar-refractivity contribution in [3.63, 3.8) is 0 Å². The van der Waals surface area contributed by atoms with Crippen LogP contribution in [-0.2, 0) is 4.74 Å². The van der Waals surface area contributed by atoms with E-state index in [0.717, 1.165) is 3.57 Å². The van der Waals surface area contributed by atoms with E-state index in [0.29, 0.717) is 10.0 Å². The molecule has 6 heteroatoms. The van der Waals surface area contributed by atoms with Gasteiger partial charge in [0.15, 0.2) is 0 Å². The molecule has 2 aromatic carbocycles. The van der Waals surface area contributed by atoms with Crippen LogP contribution in [-0.4, -0.2) is 18.5 Å². The molecule has 0 amide bonds. The van der Waals surface area contributed by atoms with Gasteiger partial charge in [-0.1, -0.05) is 28.1 Å². The predicted octanol–water partition coefficient (Wildman–Crippen LogP) is 4.45. The Balaban J connectivity index is 2.31. The summed E-state index contributed by atoms with van der Waals surface area (Å²) in [5.41, 5.74) is 0.649. The molecule has 0 saturated carbocycles. The van der Waals surface area contributed by atoms with Crippen LogP contribution in [0.15, 0.2) is 46.9 Å². The van der Waals surface area contributed by atoms with Crippen LogP contribution in [0.4, 0.5) is 0 Å². The Kier molecular flexibility index (Phi) is 5.96. The van der Waals surface area contributed by atoms with Crippen molar-refractivity contribution in [2.75, 3.05) is 6.61 Å². The minimum Gasteiger partial charge on any atom is -0.462 e. The van der Waals surface area contributed by atoms with Crippen molar-refractivity contribution in [3.05, 3.63) is 61.6 Å². The molecule has 114 valence electrons. The molecule has 22 heavy (non-hydrogen) atoms. The molecule has 0 N–H and O–H groups in total. The van der Waals surface area contributed by atoms with E-state index < -0.39 is 11.9 Å². The molecule has 0 bridgehead atoms. The van der Waals surface area contributed by atoms with E-state index >= 15 is 0 Å². The summed E-state index contributed by atoms with van der Waals surface area (Å²) in [6, 6.07) is 11.9. The highest BCUT2D eigenvalue weighted by atomic mass is 127. The maximum atomic E-state index is 12.3. The number of rotatable bonds is 4. The first kappa shape index (κ1) is 17.0. The highest BCUT2D eigenvalue weighted by Crippen LogP contribution is 2.25. The molecule has 0 aliphatic rings. The van der Waals surface area contributed by atoms with Crippen molar-refractivity contribution in [3.8, 4) is 5.75 Å². The Morgan fingerprint density at radius 3 is 2.50 bits per heavy atom. The van der Waals surface area contributed by atoms with Gasteiger partial charge in [-0.15, -0.1) is 0 Å². The average molecular weight is 475 g/mol. The number of ether oxygens (including phenoxy) is 2. The molecule has 0 aliphatic carbocycles. The fourth-order valence-corrected chi connectivity index (χ4v) is 2.71. The van der Waals surface area contributed by atoms with Gasteiger partial charge in [0.1, 0.15) is 11.3 Å². The van der Waals surface area contributed by atoms with Gasteiger partial charge in [0.2, 0.25) is 0 Å². The summed E-state index contributed by atoms with van der Waals surface area (Å²) in [6.07, 6.45) is 0. The molecular weight excluding hydrogens is 463 g/mol. The number of benzene rings is 2. The number of carbonyl (C=O) groups is 2. The van der Waals surface area contributed by atoms with Gasteiger partial charge in [0, 0.05) is 8.04 Å². The fraction of sp³-hybridized carbons (Fsp3) is 0.125. The third-order valence-corrected chi connectivity index (χ3v) is 4.17. The second-order valence-corrected chi connectivity index (χ2v) is 6.31. The Bertz CT molecular complexity index is 715. The minimum absolute atomic E-state index is 0.173. The molecule has 0 heterocycles. The number of esters is 2. The van der Waals surface area contributed by atoms with Crippen molar-refractivity contribution >= 4 is 50.5 Å². The monoisotopic (exact) mass is 474 g/mol. The quantitative estimate of drug-likeness (QED) is 0.373. The molecule has 2 rings (SSSR count). The average Bonchev–Trinajstić information content (AvgIpc) is 2.49. The van der Waals surface area contributed by atoms with Gasteiger partial charge in [-0.25, -0.2) is 9.59 Å². The van der Waals surface area contributed by atoms with Crippen molar-refractivity contribution in [2.45, 2.75) is 6.92 Å².